The van der Waals surface area contributed by atoms with Crippen molar-refractivity contribution in [3.05, 3.63) is 58.6 Å². The van der Waals surface area contributed by atoms with E-state index in [0.717, 1.165) is 18.4 Å². The van der Waals surface area contributed by atoms with Gasteiger partial charge in [-0.25, -0.2) is 8.42 Å². The summed E-state index contributed by atoms with van der Waals surface area (Å²) in [7, 11) is -3.61. The SMILES string of the molecule is CC(C)c1cccc(NC(=O)c2cc(S(=O)(=O)N3CCCC3)ccc2Cl)c1. The summed E-state index contributed by atoms with van der Waals surface area (Å²) in [4.78, 5) is 12.8. The summed E-state index contributed by atoms with van der Waals surface area (Å²) in [6, 6.07) is 11.8. The minimum absolute atomic E-state index is 0.0925. The van der Waals surface area contributed by atoms with Crippen molar-refractivity contribution in [1.29, 1.82) is 0 Å². The fourth-order valence-electron chi connectivity index (χ4n) is 3.09. The first-order valence-electron chi connectivity index (χ1n) is 9.00. The number of amides is 1. The molecule has 0 aromatic heterocycles. The van der Waals surface area contributed by atoms with Gasteiger partial charge >= 0.3 is 0 Å². The van der Waals surface area contributed by atoms with Crippen LogP contribution in [0.5, 0.6) is 0 Å². The first-order valence-corrected chi connectivity index (χ1v) is 10.8. The van der Waals surface area contributed by atoms with Crippen LogP contribution in [0.25, 0.3) is 0 Å². The lowest BCUT2D eigenvalue weighted by molar-refractivity contribution is 0.102. The molecule has 5 nitrogen and oxygen atoms in total. The van der Waals surface area contributed by atoms with Crippen LogP contribution < -0.4 is 5.32 Å². The summed E-state index contributed by atoms with van der Waals surface area (Å²) in [5.74, 6) is -0.0984. The lowest BCUT2D eigenvalue weighted by Crippen LogP contribution is -2.28. The second-order valence-corrected chi connectivity index (χ2v) is 9.33. The van der Waals surface area contributed by atoms with E-state index >= 15 is 0 Å². The van der Waals surface area contributed by atoms with Gasteiger partial charge in [-0.2, -0.15) is 4.31 Å². The fourth-order valence-corrected chi connectivity index (χ4v) is 4.84. The number of hydrogen-bond acceptors (Lipinski definition) is 3. The van der Waals surface area contributed by atoms with E-state index in [1.807, 2.05) is 18.2 Å². The normalized spacial score (nSPS) is 15.3. The first kappa shape index (κ1) is 19.9. The molecule has 1 heterocycles. The Morgan fingerprint density at radius 1 is 1.11 bits per heavy atom. The molecule has 0 bridgehead atoms. The van der Waals surface area contributed by atoms with Crippen molar-refractivity contribution in [1.82, 2.24) is 4.31 Å². The third-order valence-corrected chi connectivity index (χ3v) is 6.92. The number of benzene rings is 2. The second-order valence-electron chi connectivity index (χ2n) is 6.99. The van der Waals surface area contributed by atoms with Crippen LogP contribution in [0.15, 0.2) is 47.4 Å². The molecule has 1 fully saturated rings. The van der Waals surface area contributed by atoms with Crippen molar-refractivity contribution in [3.8, 4) is 0 Å². The van der Waals surface area contributed by atoms with Gasteiger partial charge in [-0.05, 0) is 54.7 Å². The maximum absolute atomic E-state index is 12.7. The van der Waals surface area contributed by atoms with Crippen molar-refractivity contribution in [2.24, 2.45) is 0 Å². The van der Waals surface area contributed by atoms with Crippen molar-refractivity contribution < 1.29 is 13.2 Å². The summed E-state index contributed by atoms with van der Waals surface area (Å²) in [6.07, 6.45) is 1.71. The second kappa shape index (κ2) is 8.00. The average molecular weight is 407 g/mol. The van der Waals surface area contributed by atoms with E-state index in [-0.39, 0.29) is 15.5 Å². The quantitative estimate of drug-likeness (QED) is 0.794. The number of sulfonamides is 1. The number of carbonyl (C=O) groups is 1. The smallest absolute Gasteiger partial charge is 0.257 e. The van der Waals surface area contributed by atoms with E-state index in [2.05, 4.69) is 19.2 Å². The molecular weight excluding hydrogens is 384 g/mol. The van der Waals surface area contributed by atoms with Crippen LogP contribution >= 0.6 is 11.6 Å². The summed E-state index contributed by atoms with van der Waals surface area (Å²) in [5, 5.41) is 3.03. The molecule has 0 aliphatic carbocycles. The molecule has 1 aliphatic rings. The Labute approximate surface area is 165 Å². The van der Waals surface area contributed by atoms with Crippen molar-refractivity contribution in [3.63, 3.8) is 0 Å². The Bertz CT molecular complexity index is 951. The Morgan fingerprint density at radius 2 is 1.81 bits per heavy atom. The van der Waals surface area contributed by atoms with E-state index in [0.29, 0.717) is 24.7 Å². The number of nitrogens with one attached hydrogen (secondary N) is 1. The van der Waals surface area contributed by atoms with Crippen molar-refractivity contribution in [2.75, 3.05) is 18.4 Å². The minimum atomic E-state index is -3.61. The van der Waals surface area contributed by atoms with Crippen LogP contribution in [0, 0.1) is 0 Å². The zero-order chi connectivity index (χ0) is 19.6. The minimum Gasteiger partial charge on any atom is -0.322 e. The van der Waals surface area contributed by atoms with Gasteiger partial charge in [-0.3, -0.25) is 4.79 Å². The number of nitrogens with zero attached hydrogens (tertiary/aromatic N) is 1. The Hall–Kier alpha value is -1.89. The van der Waals surface area contributed by atoms with Gasteiger partial charge in [-0.15, -0.1) is 0 Å². The molecule has 1 saturated heterocycles. The Morgan fingerprint density at radius 3 is 2.48 bits per heavy atom. The maximum atomic E-state index is 12.7. The zero-order valence-electron chi connectivity index (χ0n) is 15.4. The van der Waals surface area contributed by atoms with Crippen LogP contribution in [-0.2, 0) is 10.0 Å². The number of carbonyl (C=O) groups excluding carboxylic acids is 1. The number of hydrogen-bond donors (Lipinski definition) is 1. The Kier molecular flexibility index (Phi) is 5.89. The molecule has 144 valence electrons. The van der Waals surface area contributed by atoms with E-state index in [9.17, 15) is 13.2 Å². The summed E-state index contributed by atoms with van der Waals surface area (Å²) >= 11 is 6.18. The van der Waals surface area contributed by atoms with Gasteiger partial charge in [0.15, 0.2) is 0 Å². The van der Waals surface area contributed by atoms with E-state index < -0.39 is 15.9 Å². The van der Waals surface area contributed by atoms with Crippen LogP contribution in [0.2, 0.25) is 5.02 Å². The van der Waals surface area contributed by atoms with Gasteiger partial charge < -0.3 is 5.32 Å². The summed E-state index contributed by atoms with van der Waals surface area (Å²) < 4.78 is 26.9. The van der Waals surface area contributed by atoms with Gasteiger partial charge in [0.2, 0.25) is 10.0 Å². The highest BCUT2D eigenvalue weighted by Crippen LogP contribution is 2.26. The van der Waals surface area contributed by atoms with E-state index in [1.54, 1.807) is 6.07 Å². The molecule has 0 saturated carbocycles. The third kappa shape index (κ3) is 4.34. The highest BCUT2D eigenvalue weighted by Gasteiger charge is 2.28. The largest absolute Gasteiger partial charge is 0.322 e. The summed E-state index contributed by atoms with van der Waals surface area (Å²) in [5.41, 5.74) is 1.89. The van der Waals surface area contributed by atoms with Crippen LogP contribution in [0.4, 0.5) is 5.69 Å². The standard InChI is InChI=1S/C20H23ClN2O3S/c1-14(2)15-6-5-7-16(12-15)22-20(24)18-13-17(8-9-19(18)21)27(25,26)23-10-3-4-11-23/h5-9,12-14H,3-4,10-11H2,1-2H3,(H,22,24). The lowest BCUT2D eigenvalue weighted by atomic mass is 10.0. The van der Waals surface area contributed by atoms with Crippen LogP contribution in [0.1, 0.15) is 48.5 Å². The van der Waals surface area contributed by atoms with Crippen LogP contribution in [-0.4, -0.2) is 31.7 Å². The number of anilines is 1. The molecule has 0 spiro atoms. The van der Waals surface area contributed by atoms with Gasteiger partial charge in [0.05, 0.1) is 15.5 Å². The molecule has 27 heavy (non-hydrogen) atoms. The van der Waals surface area contributed by atoms with Crippen LogP contribution in [0.3, 0.4) is 0 Å². The van der Waals surface area contributed by atoms with Crippen molar-refractivity contribution >= 4 is 33.2 Å². The molecule has 1 aliphatic heterocycles. The van der Waals surface area contributed by atoms with Gasteiger partial charge in [-0.1, -0.05) is 37.6 Å². The number of rotatable bonds is 5. The third-order valence-electron chi connectivity index (χ3n) is 4.70. The zero-order valence-corrected chi connectivity index (χ0v) is 17.0. The van der Waals surface area contributed by atoms with Gasteiger partial charge in [0.1, 0.15) is 0 Å². The first-order chi connectivity index (χ1) is 12.8. The summed E-state index contributed by atoms with van der Waals surface area (Å²) in [6.45, 7) is 5.16. The van der Waals surface area contributed by atoms with E-state index in [1.165, 1.54) is 22.5 Å². The highest BCUT2D eigenvalue weighted by atomic mass is 35.5. The van der Waals surface area contributed by atoms with Crippen molar-refractivity contribution in [2.45, 2.75) is 37.5 Å². The molecule has 0 radical (unpaired) electrons. The molecule has 1 N–H and O–H groups in total. The number of halogens is 1. The molecule has 3 rings (SSSR count). The molecule has 0 atom stereocenters. The van der Waals surface area contributed by atoms with Gasteiger partial charge in [0, 0.05) is 18.8 Å². The topological polar surface area (TPSA) is 66.5 Å². The monoisotopic (exact) mass is 406 g/mol. The van der Waals surface area contributed by atoms with Gasteiger partial charge in [0.25, 0.3) is 5.91 Å². The molecule has 2 aromatic carbocycles. The highest BCUT2D eigenvalue weighted by molar-refractivity contribution is 7.89. The maximum Gasteiger partial charge on any atom is 0.257 e. The molecule has 0 unspecified atom stereocenters. The predicted octanol–water partition coefficient (Wildman–Crippen LogP) is 4.50. The predicted molar refractivity (Wildman–Crippen MR) is 108 cm³/mol. The Balaban J connectivity index is 1.88. The molecule has 2 aromatic rings. The fraction of sp³-hybridized carbons (Fsp3) is 0.350. The lowest BCUT2D eigenvalue weighted by Gasteiger charge is -2.16. The average Bonchev–Trinajstić information content (AvgIpc) is 3.17. The van der Waals surface area contributed by atoms with E-state index in [4.69, 9.17) is 11.6 Å². The molecular formula is C20H23ClN2O3S. The molecule has 1 amide bonds. The molecule has 7 heteroatoms.